The lowest BCUT2D eigenvalue weighted by Gasteiger charge is -2.18. The molecular formula is C20H34O4S. The summed E-state index contributed by atoms with van der Waals surface area (Å²) >= 11 is 1.50. The van der Waals surface area contributed by atoms with E-state index in [0.29, 0.717) is 18.3 Å². The summed E-state index contributed by atoms with van der Waals surface area (Å²) in [6, 6.07) is 0. The van der Waals surface area contributed by atoms with E-state index >= 15 is 0 Å². The molecule has 1 rings (SSSR count). The molecule has 1 unspecified atom stereocenters. The molecule has 1 saturated carbocycles. The normalized spacial score (nSPS) is 22.4. The molecule has 0 saturated heterocycles. The Kier molecular flexibility index (Phi) is 12.0. The van der Waals surface area contributed by atoms with Crippen molar-refractivity contribution in [2.75, 3.05) is 11.5 Å². The van der Waals surface area contributed by atoms with Crippen LogP contribution in [0.4, 0.5) is 0 Å². The van der Waals surface area contributed by atoms with E-state index in [1.807, 2.05) is 12.2 Å². The van der Waals surface area contributed by atoms with Gasteiger partial charge in [-0.05, 0) is 56.1 Å². The van der Waals surface area contributed by atoms with E-state index in [4.69, 9.17) is 5.11 Å². The fraction of sp³-hybridized carbons (Fsp3) is 0.750. The number of hydrogen-bond acceptors (Lipinski definition) is 4. The van der Waals surface area contributed by atoms with E-state index in [-0.39, 0.29) is 11.7 Å². The highest BCUT2D eigenvalue weighted by molar-refractivity contribution is 7.99. The van der Waals surface area contributed by atoms with Crippen molar-refractivity contribution < 1.29 is 20.1 Å². The molecule has 0 heterocycles. The van der Waals surface area contributed by atoms with Gasteiger partial charge in [0, 0.05) is 5.92 Å². The number of aliphatic hydroxyl groups excluding tert-OH is 1. The summed E-state index contributed by atoms with van der Waals surface area (Å²) in [6.45, 7) is 2.07. The number of unbranched alkanes of at least 4 members (excludes halogenated alkanes) is 1. The topological polar surface area (TPSA) is 77.8 Å². The maximum atomic E-state index is 10.5. The second-order valence-corrected chi connectivity index (χ2v) is 7.98. The second kappa shape index (κ2) is 13.4. The molecule has 0 radical (unpaired) electrons. The molecule has 4 nitrogen and oxygen atoms in total. The van der Waals surface area contributed by atoms with E-state index in [1.54, 1.807) is 0 Å². The molecule has 0 spiro atoms. The van der Waals surface area contributed by atoms with Crippen molar-refractivity contribution in [3.63, 3.8) is 0 Å². The Bertz CT molecular complexity index is 420. The van der Waals surface area contributed by atoms with Gasteiger partial charge >= 0.3 is 5.97 Å². The summed E-state index contributed by atoms with van der Waals surface area (Å²) in [6.07, 6.45) is 15.7. The monoisotopic (exact) mass is 370 g/mol. The highest BCUT2D eigenvalue weighted by Gasteiger charge is 2.25. The zero-order chi connectivity index (χ0) is 18.5. The Hall–Kier alpha value is -0.780. The minimum Gasteiger partial charge on any atom is -0.481 e. The van der Waals surface area contributed by atoms with Crippen molar-refractivity contribution in [2.24, 2.45) is 17.8 Å². The zero-order valence-electron chi connectivity index (χ0n) is 15.3. The van der Waals surface area contributed by atoms with Crippen LogP contribution in [0.1, 0.15) is 58.3 Å². The summed E-state index contributed by atoms with van der Waals surface area (Å²) < 4.78 is 0. The van der Waals surface area contributed by atoms with Crippen molar-refractivity contribution in [1.29, 1.82) is 0 Å². The molecular weight excluding hydrogens is 336 g/mol. The maximum absolute atomic E-state index is 10.5. The van der Waals surface area contributed by atoms with Crippen LogP contribution in [-0.4, -0.2) is 39.1 Å². The number of carbonyl (C=O) groups is 1. The first kappa shape index (κ1) is 22.3. The molecule has 1 fully saturated rings. The van der Waals surface area contributed by atoms with Crippen molar-refractivity contribution >= 4 is 17.7 Å². The molecule has 0 aromatic heterocycles. The van der Waals surface area contributed by atoms with Gasteiger partial charge in [-0.2, -0.15) is 11.8 Å². The molecule has 144 valence electrons. The summed E-state index contributed by atoms with van der Waals surface area (Å²) in [5, 5.41) is 27.7. The highest BCUT2D eigenvalue weighted by Crippen LogP contribution is 2.36. The van der Waals surface area contributed by atoms with E-state index in [2.05, 4.69) is 19.1 Å². The summed E-state index contributed by atoms with van der Waals surface area (Å²) in [7, 11) is 0. The first-order chi connectivity index (χ1) is 12.0. The number of rotatable bonds is 13. The molecule has 5 heteroatoms. The standard InChI is InChI=1S/C20H34O4S/c1-2-3-4-9-18(20(23)24)13-12-17-11-7-10-16(17)8-5-6-14-25-15-19(21)22/h3-4,12-13,16-18,20,23-24H,2,5-11,14-15H2,1H3,(H,21,22)/t16-,17+,18?/m0/s1. The van der Waals surface area contributed by atoms with Crippen LogP contribution in [0.5, 0.6) is 0 Å². The lowest BCUT2D eigenvalue weighted by molar-refractivity contribution is -0.133. The predicted octanol–water partition coefficient (Wildman–Crippen LogP) is 4.23. The Morgan fingerprint density at radius 1 is 1.24 bits per heavy atom. The lowest BCUT2D eigenvalue weighted by atomic mass is 9.89. The van der Waals surface area contributed by atoms with Gasteiger partial charge in [0.2, 0.25) is 0 Å². The number of carboxylic acid groups (broad SMARTS) is 1. The zero-order valence-corrected chi connectivity index (χ0v) is 16.2. The van der Waals surface area contributed by atoms with E-state index in [9.17, 15) is 15.0 Å². The Balaban J connectivity index is 2.34. The number of thioether (sulfide) groups is 1. The van der Waals surface area contributed by atoms with Gasteiger partial charge in [-0.3, -0.25) is 4.79 Å². The molecule has 0 aromatic rings. The van der Waals surface area contributed by atoms with Gasteiger partial charge in [-0.1, -0.05) is 44.1 Å². The molecule has 1 aliphatic rings. The van der Waals surface area contributed by atoms with Crippen molar-refractivity contribution in [1.82, 2.24) is 0 Å². The third-order valence-electron chi connectivity index (χ3n) is 4.86. The average Bonchev–Trinajstić information content (AvgIpc) is 3.00. The smallest absolute Gasteiger partial charge is 0.313 e. The molecule has 0 aromatic carbocycles. The summed E-state index contributed by atoms with van der Waals surface area (Å²) in [5.41, 5.74) is 0. The fourth-order valence-corrected chi connectivity index (χ4v) is 4.18. The van der Waals surface area contributed by atoms with Crippen LogP contribution in [0.3, 0.4) is 0 Å². The molecule has 0 aliphatic heterocycles. The quantitative estimate of drug-likeness (QED) is 0.257. The van der Waals surface area contributed by atoms with Crippen LogP contribution in [0.15, 0.2) is 24.3 Å². The van der Waals surface area contributed by atoms with Gasteiger partial charge in [0.1, 0.15) is 0 Å². The third-order valence-corrected chi connectivity index (χ3v) is 5.88. The van der Waals surface area contributed by atoms with E-state index < -0.39 is 12.3 Å². The van der Waals surface area contributed by atoms with Crippen LogP contribution in [0, 0.1) is 17.8 Å². The Labute approximate surface area is 156 Å². The number of hydrogen-bond donors (Lipinski definition) is 3. The van der Waals surface area contributed by atoms with E-state index in [0.717, 1.165) is 25.0 Å². The minimum atomic E-state index is -1.30. The first-order valence-corrected chi connectivity index (χ1v) is 10.7. The van der Waals surface area contributed by atoms with Crippen LogP contribution < -0.4 is 0 Å². The van der Waals surface area contributed by atoms with Gasteiger partial charge < -0.3 is 15.3 Å². The fourth-order valence-electron chi connectivity index (χ4n) is 3.45. The predicted molar refractivity (Wildman–Crippen MR) is 105 cm³/mol. The third kappa shape index (κ3) is 10.1. The van der Waals surface area contributed by atoms with Crippen LogP contribution in [0.25, 0.3) is 0 Å². The van der Waals surface area contributed by atoms with Gasteiger partial charge in [0.05, 0.1) is 5.75 Å². The van der Waals surface area contributed by atoms with Gasteiger partial charge in [-0.15, -0.1) is 0 Å². The summed E-state index contributed by atoms with van der Waals surface area (Å²) in [5.74, 6) is 1.39. The van der Waals surface area contributed by atoms with Crippen molar-refractivity contribution in [3.05, 3.63) is 24.3 Å². The average molecular weight is 371 g/mol. The molecule has 1 aliphatic carbocycles. The van der Waals surface area contributed by atoms with E-state index in [1.165, 1.54) is 37.4 Å². The van der Waals surface area contributed by atoms with Gasteiger partial charge in [-0.25, -0.2) is 0 Å². The number of carboxylic acids is 1. The first-order valence-electron chi connectivity index (χ1n) is 9.53. The largest absolute Gasteiger partial charge is 0.481 e. The lowest BCUT2D eigenvalue weighted by Crippen LogP contribution is -2.17. The number of aliphatic carboxylic acids is 1. The second-order valence-electron chi connectivity index (χ2n) is 6.87. The number of allylic oxidation sites excluding steroid dienone is 3. The molecule has 3 N–H and O–H groups in total. The Morgan fingerprint density at radius 2 is 2.04 bits per heavy atom. The minimum absolute atomic E-state index is 0.201. The maximum Gasteiger partial charge on any atom is 0.313 e. The van der Waals surface area contributed by atoms with Crippen molar-refractivity contribution in [2.45, 2.75) is 64.6 Å². The molecule has 0 bridgehead atoms. The van der Waals surface area contributed by atoms with Crippen LogP contribution >= 0.6 is 11.8 Å². The van der Waals surface area contributed by atoms with Crippen LogP contribution in [0.2, 0.25) is 0 Å². The Morgan fingerprint density at radius 3 is 2.72 bits per heavy atom. The van der Waals surface area contributed by atoms with Crippen molar-refractivity contribution in [3.8, 4) is 0 Å². The van der Waals surface area contributed by atoms with Crippen LogP contribution in [-0.2, 0) is 4.79 Å². The van der Waals surface area contributed by atoms with Gasteiger partial charge in [0.25, 0.3) is 0 Å². The molecule has 25 heavy (non-hydrogen) atoms. The molecule has 3 atom stereocenters. The van der Waals surface area contributed by atoms with Gasteiger partial charge in [0.15, 0.2) is 6.29 Å². The molecule has 0 amide bonds. The highest BCUT2D eigenvalue weighted by atomic mass is 32.2. The number of aliphatic hydroxyl groups is 2. The summed E-state index contributed by atoms with van der Waals surface area (Å²) in [4.78, 5) is 10.5. The SMILES string of the molecule is CCC=CCC(C=C[C@H]1CCC[C@@H]1CCCCSCC(=O)O)C(O)O.